The lowest BCUT2D eigenvalue weighted by Gasteiger charge is -2.36. The summed E-state index contributed by atoms with van der Waals surface area (Å²) in [7, 11) is 0. The summed E-state index contributed by atoms with van der Waals surface area (Å²) in [4.78, 5) is 0. The summed E-state index contributed by atoms with van der Waals surface area (Å²) in [6.45, 7) is 3.91. The summed E-state index contributed by atoms with van der Waals surface area (Å²) in [6.07, 6.45) is 5.35. The maximum atomic E-state index is 10.3. The van der Waals surface area contributed by atoms with Crippen LogP contribution >= 0.6 is 11.6 Å². The fourth-order valence-corrected chi connectivity index (χ4v) is 3.15. The molecule has 1 aliphatic carbocycles. The van der Waals surface area contributed by atoms with Gasteiger partial charge in [-0.1, -0.05) is 36.9 Å². The molecule has 0 atom stereocenters. The Labute approximate surface area is 108 Å². The van der Waals surface area contributed by atoms with Crippen LogP contribution in [-0.4, -0.2) is 5.11 Å². The van der Waals surface area contributed by atoms with Gasteiger partial charge in [0.15, 0.2) is 0 Å². The van der Waals surface area contributed by atoms with Crippen molar-refractivity contribution in [2.45, 2.75) is 51.5 Å². The second kappa shape index (κ2) is 4.51. The number of hydrogen-bond donors (Lipinski definition) is 2. The van der Waals surface area contributed by atoms with Gasteiger partial charge in [-0.15, -0.1) is 0 Å². The Bertz CT molecular complexity index is 436. The fourth-order valence-electron chi connectivity index (χ4n) is 3.00. The van der Waals surface area contributed by atoms with E-state index in [1.165, 1.54) is 6.42 Å². The van der Waals surface area contributed by atoms with E-state index in [0.717, 1.165) is 42.4 Å². The summed E-state index contributed by atoms with van der Waals surface area (Å²) >= 11 is 6.13. The Kier molecular flexibility index (Phi) is 3.37. The topological polar surface area (TPSA) is 46.2 Å². The van der Waals surface area contributed by atoms with Crippen molar-refractivity contribution in [3.05, 3.63) is 27.8 Å². The summed E-state index contributed by atoms with van der Waals surface area (Å²) in [5.41, 5.74) is 8.89. The molecule has 0 spiro atoms. The molecule has 3 N–H and O–H groups in total. The molecule has 1 fully saturated rings. The highest BCUT2D eigenvalue weighted by Crippen LogP contribution is 2.44. The van der Waals surface area contributed by atoms with Crippen molar-refractivity contribution in [1.29, 1.82) is 0 Å². The minimum absolute atomic E-state index is 0.188. The average molecular weight is 254 g/mol. The molecule has 0 radical (unpaired) electrons. The van der Waals surface area contributed by atoms with E-state index in [9.17, 15) is 5.11 Å². The largest absolute Gasteiger partial charge is 0.506 e. The second-order valence-electron chi connectivity index (χ2n) is 5.26. The highest BCUT2D eigenvalue weighted by molar-refractivity contribution is 6.32. The van der Waals surface area contributed by atoms with Crippen LogP contribution in [0.2, 0.25) is 5.02 Å². The molecule has 0 aromatic heterocycles. The fraction of sp³-hybridized carbons (Fsp3) is 0.571. The molecule has 17 heavy (non-hydrogen) atoms. The highest BCUT2D eigenvalue weighted by atomic mass is 35.5. The molecule has 0 bridgehead atoms. The van der Waals surface area contributed by atoms with Crippen LogP contribution in [0.1, 0.15) is 48.8 Å². The molecule has 94 valence electrons. The molecular formula is C14H20ClNO. The first kappa shape index (κ1) is 12.7. The minimum Gasteiger partial charge on any atom is -0.506 e. The van der Waals surface area contributed by atoms with Gasteiger partial charge in [-0.05, 0) is 37.8 Å². The Morgan fingerprint density at radius 2 is 1.76 bits per heavy atom. The number of hydrogen-bond acceptors (Lipinski definition) is 2. The van der Waals surface area contributed by atoms with Crippen molar-refractivity contribution in [2.24, 2.45) is 5.73 Å². The van der Waals surface area contributed by atoms with Crippen LogP contribution in [0.4, 0.5) is 0 Å². The number of nitrogens with two attached hydrogens (primary N) is 1. The second-order valence-corrected chi connectivity index (χ2v) is 5.64. The van der Waals surface area contributed by atoms with E-state index in [-0.39, 0.29) is 5.75 Å². The smallest absolute Gasteiger partial charge is 0.139 e. The zero-order valence-electron chi connectivity index (χ0n) is 10.5. The molecule has 0 amide bonds. The number of halogens is 1. The van der Waals surface area contributed by atoms with Crippen molar-refractivity contribution >= 4 is 11.6 Å². The predicted molar refractivity (Wildman–Crippen MR) is 71.5 cm³/mol. The van der Waals surface area contributed by atoms with Gasteiger partial charge in [0, 0.05) is 11.1 Å². The van der Waals surface area contributed by atoms with Crippen LogP contribution in [0.15, 0.2) is 6.07 Å². The van der Waals surface area contributed by atoms with Gasteiger partial charge in [-0.3, -0.25) is 0 Å². The van der Waals surface area contributed by atoms with Gasteiger partial charge >= 0.3 is 0 Å². The molecule has 2 rings (SSSR count). The number of rotatable bonds is 1. The molecule has 1 aromatic carbocycles. The summed E-state index contributed by atoms with van der Waals surface area (Å²) in [6, 6.07) is 2.01. The zero-order valence-corrected chi connectivity index (χ0v) is 11.3. The van der Waals surface area contributed by atoms with Gasteiger partial charge in [0.05, 0.1) is 5.02 Å². The van der Waals surface area contributed by atoms with Crippen molar-refractivity contribution in [3.8, 4) is 5.75 Å². The Balaban J connectivity index is 2.54. The number of phenolic OH excluding ortho intramolecular Hbond substituents is 1. The number of phenols is 1. The molecule has 0 saturated heterocycles. The number of aromatic hydroxyl groups is 1. The van der Waals surface area contributed by atoms with E-state index in [4.69, 9.17) is 17.3 Å². The van der Waals surface area contributed by atoms with E-state index in [2.05, 4.69) is 0 Å². The first-order chi connectivity index (χ1) is 7.96. The molecule has 1 aliphatic rings. The Hall–Kier alpha value is -0.730. The van der Waals surface area contributed by atoms with Crippen molar-refractivity contribution in [1.82, 2.24) is 0 Å². The molecule has 1 saturated carbocycles. The quantitative estimate of drug-likeness (QED) is 0.800. The summed E-state index contributed by atoms with van der Waals surface area (Å²) in [5.74, 6) is 0.188. The van der Waals surface area contributed by atoms with E-state index in [1.54, 1.807) is 0 Å². The van der Waals surface area contributed by atoms with Crippen molar-refractivity contribution in [3.63, 3.8) is 0 Å². The van der Waals surface area contributed by atoms with Crippen molar-refractivity contribution < 1.29 is 5.11 Å². The van der Waals surface area contributed by atoms with E-state index < -0.39 is 5.54 Å². The van der Waals surface area contributed by atoms with Crippen LogP contribution in [-0.2, 0) is 5.54 Å². The van der Waals surface area contributed by atoms with Crippen LogP contribution in [0.5, 0.6) is 5.75 Å². The van der Waals surface area contributed by atoms with Gasteiger partial charge in [-0.25, -0.2) is 0 Å². The summed E-state index contributed by atoms with van der Waals surface area (Å²) < 4.78 is 0. The lowest BCUT2D eigenvalue weighted by atomic mass is 9.75. The lowest BCUT2D eigenvalue weighted by molar-refractivity contribution is 0.291. The van der Waals surface area contributed by atoms with Crippen LogP contribution in [0.3, 0.4) is 0 Å². The van der Waals surface area contributed by atoms with E-state index >= 15 is 0 Å². The molecule has 2 nitrogen and oxygen atoms in total. The molecule has 0 unspecified atom stereocenters. The Morgan fingerprint density at radius 3 is 2.35 bits per heavy atom. The number of benzene rings is 1. The van der Waals surface area contributed by atoms with Crippen LogP contribution < -0.4 is 5.73 Å². The third-order valence-electron chi connectivity index (χ3n) is 3.86. The molecule has 0 aliphatic heterocycles. The normalized spacial score (nSPS) is 19.3. The van der Waals surface area contributed by atoms with Gasteiger partial charge in [0.1, 0.15) is 5.75 Å². The minimum atomic E-state index is -0.399. The average Bonchev–Trinajstić information content (AvgIpc) is 2.26. The molecular weight excluding hydrogens is 234 g/mol. The maximum absolute atomic E-state index is 10.3. The predicted octanol–water partition coefficient (Wildman–Crippen LogP) is 3.78. The van der Waals surface area contributed by atoms with E-state index in [1.807, 2.05) is 19.9 Å². The van der Waals surface area contributed by atoms with Crippen LogP contribution in [0, 0.1) is 13.8 Å². The lowest BCUT2D eigenvalue weighted by Crippen LogP contribution is -2.39. The molecule has 0 heterocycles. The molecule has 1 aromatic rings. The summed E-state index contributed by atoms with van der Waals surface area (Å²) in [5, 5.41) is 10.7. The maximum Gasteiger partial charge on any atom is 0.139 e. The van der Waals surface area contributed by atoms with Gasteiger partial charge in [0.2, 0.25) is 0 Å². The third kappa shape index (κ3) is 2.16. The Morgan fingerprint density at radius 1 is 1.18 bits per heavy atom. The molecule has 3 heteroatoms. The standard InChI is InChI=1S/C14H20ClNO/c1-9-8-10(2)12(15)13(17)11(9)14(16)6-4-3-5-7-14/h8,17H,3-7,16H2,1-2H3. The number of aryl methyl sites for hydroxylation is 2. The zero-order chi connectivity index (χ0) is 12.6. The van der Waals surface area contributed by atoms with Crippen molar-refractivity contribution in [2.75, 3.05) is 0 Å². The van der Waals surface area contributed by atoms with Gasteiger partial charge < -0.3 is 10.8 Å². The van der Waals surface area contributed by atoms with Gasteiger partial charge in [-0.2, -0.15) is 0 Å². The SMILES string of the molecule is Cc1cc(C)c(C2(N)CCCCC2)c(O)c1Cl. The first-order valence-corrected chi connectivity index (χ1v) is 6.61. The third-order valence-corrected chi connectivity index (χ3v) is 4.34. The first-order valence-electron chi connectivity index (χ1n) is 6.24. The van der Waals surface area contributed by atoms with Gasteiger partial charge in [0.25, 0.3) is 0 Å². The highest BCUT2D eigenvalue weighted by Gasteiger charge is 2.34. The van der Waals surface area contributed by atoms with E-state index in [0.29, 0.717) is 5.02 Å². The van der Waals surface area contributed by atoms with Crippen LogP contribution in [0.25, 0.3) is 0 Å². The monoisotopic (exact) mass is 253 g/mol.